The molecule has 29 heavy (non-hydrogen) atoms. The highest BCUT2D eigenvalue weighted by atomic mass is 32.2. The van der Waals surface area contributed by atoms with Crippen LogP contribution in [0.4, 0.5) is 0 Å². The molecule has 1 aliphatic rings. The van der Waals surface area contributed by atoms with Crippen LogP contribution >= 0.6 is 11.8 Å². The predicted molar refractivity (Wildman–Crippen MR) is 120 cm³/mol. The number of rotatable bonds is 4. The third-order valence-electron chi connectivity index (χ3n) is 5.44. The van der Waals surface area contributed by atoms with Crippen LogP contribution in [0.15, 0.2) is 65.7 Å². The van der Waals surface area contributed by atoms with Crippen LogP contribution in [0.1, 0.15) is 34.0 Å². The molecule has 0 radical (unpaired) electrons. The van der Waals surface area contributed by atoms with Gasteiger partial charge in [-0.2, -0.15) is 5.10 Å². The van der Waals surface area contributed by atoms with Crippen molar-refractivity contribution in [3.63, 3.8) is 0 Å². The lowest BCUT2D eigenvalue weighted by Gasteiger charge is -2.25. The second-order valence-electron chi connectivity index (χ2n) is 7.28. The van der Waals surface area contributed by atoms with Gasteiger partial charge >= 0.3 is 0 Å². The minimum absolute atomic E-state index is 0.123. The summed E-state index contributed by atoms with van der Waals surface area (Å²) in [4.78, 5) is 15.7. The third-order valence-corrected chi connectivity index (χ3v) is 6.46. The van der Waals surface area contributed by atoms with E-state index in [2.05, 4.69) is 18.1 Å². The monoisotopic (exact) mass is 403 g/mol. The summed E-state index contributed by atoms with van der Waals surface area (Å²) >= 11 is 1.74. The summed E-state index contributed by atoms with van der Waals surface area (Å²) in [6.45, 7) is 4.81. The third kappa shape index (κ3) is 3.87. The zero-order valence-corrected chi connectivity index (χ0v) is 17.8. The Kier molecular flexibility index (Phi) is 5.58. The SMILES string of the molecule is Cc1nn(C)c(C)c1/C=C1/SCCN1C(=O)C(c1ccccc1)c1ccccc1. The fourth-order valence-corrected chi connectivity index (χ4v) is 4.84. The van der Waals surface area contributed by atoms with Gasteiger partial charge < -0.3 is 4.90 Å². The summed E-state index contributed by atoms with van der Waals surface area (Å²) in [5.74, 6) is 0.722. The molecule has 5 heteroatoms. The number of thioether (sulfide) groups is 1. The lowest BCUT2D eigenvalue weighted by atomic mass is 9.90. The topological polar surface area (TPSA) is 38.1 Å². The minimum atomic E-state index is -0.310. The Hall–Kier alpha value is -2.79. The van der Waals surface area contributed by atoms with Crippen molar-refractivity contribution in [1.29, 1.82) is 0 Å². The maximum atomic E-state index is 13.8. The van der Waals surface area contributed by atoms with Crippen LogP contribution in [0.2, 0.25) is 0 Å². The number of benzene rings is 2. The maximum absolute atomic E-state index is 13.8. The summed E-state index contributed by atoms with van der Waals surface area (Å²) in [7, 11) is 1.95. The molecule has 1 amide bonds. The Bertz CT molecular complexity index is 1000. The first kappa shape index (κ1) is 19.5. The predicted octanol–water partition coefficient (Wildman–Crippen LogP) is 4.74. The first-order chi connectivity index (χ1) is 14.1. The lowest BCUT2D eigenvalue weighted by Crippen LogP contribution is -2.32. The van der Waals surface area contributed by atoms with Crippen LogP contribution < -0.4 is 0 Å². The van der Waals surface area contributed by atoms with Crippen molar-refractivity contribution in [2.24, 2.45) is 7.05 Å². The highest BCUT2D eigenvalue weighted by Crippen LogP contribution is 2.36. The molecule has 1 aliphatic heterocycles. The molecule has 0 spiro atoms. The maximum Gasteiger partial charge on any atom is 0.239 e. The minimum Gasteiger partial charge on any atom is -0.305 e. The summed E-state index contributed by atoms with van der Waals surface area (Å²) < 4.78 is 1.89. The number of hydrogen-bond acceptors (Lipinski definition) is 3. The molecule has 4 nitrogen and oxygen atoms in total. The van der Waals surface area contributed by atoms with Crippen molar-refractivity contribution in [3.8, 4) is 0 Å². The Labute approximate surface area is 176 Å². The molecule has 4 rings (SSSR count). The number of aromatic nitrogens is 2. The van der Waals surface area contributed by atoms with E-state index < -0.39 is 0 Å². The highest BCUT2D eigenvalue weighted by molar-refractivity contribution is 8.03. The van der Waals surface area contributed by atoms with E-state index in [9.17, 15) is 4.79 Å². The smallest absolute Gasteiger partial charge is 0.239 e. The van der Waals surface area contributed by atoms with Crippen LogP contribution in [0.25, 0.3) is 6.08 Å². The van der Waals surface area contributed by atoms with Gasteiger partial charge in [-0.15, -0.1) is 11.8 Å². The zero-order chi connectivity index (χ0) is 20.4. The van der Waals surface area contributed by atoms with Crippen molar-refractivity contribution in [3.05, 3.63) is 93.8 Å². The molecule has 0 bridgehead atoms. The van der Waals surface area contributed by atoms with Gasteiger partial charge in [-0.25, -0.2) is 0 Å². The van der Waals surface area contributed by atoms with Crippen LogP contribution in [0, 0.1) is 13.8 Å². The molecular weight excluding hydrogens is 378 g/mol. The van der Waals surface area contributed by atoms with Gasteiger partial charge in [0.2, 0.25) is 5.91 Å². The fraction of sp³-hybridized carbons (Fsp3) is 0.250. The Morgan fingerprint density at radius 1 is 1.03 bits per heavy atom. The van der Waals surface area contributed by atoms with Gasteiger partial charge in [0.15, 0.2) is 0 Å². The van der Waals surface area contributed by atoms with Crippen molar-refractivity contribution in [2.75, 3.05) is 12.3 Å². The van der Waals surface area contributed by atoms with Gasteiger partial charge in [0.1, 0.15) is 0 Å². The summed E-state index contributed by atoms with van der Waals surface area (Å²) in [6, 6.07) is 20.1. The zero-order valence-electron chi connectivity index (χ0n) is 17.0. The first-order valence-corrected chi connectivity index (χ1v) is 10.8. The van der Waals surface area contributed by atoms with Crippen LogP contribution in [-0.2, 0) is 11.8 Å². The van der Waals surface area contributed by atoms with E-state index in [-0.39, 0.29) is 11.8 Å². The van der Waals surface area contributed by atoms with Crippen molar-refractivity contribution < 1.29 is 4.79 Å². The van der Waals surface area contributed by atoms with Gasteiger partial charge in [0, 0.05) is 30.6 Å². The molecule has 0 N–H and O–H groups in total. The number of carbonyl (C=O) groups is 1. The Morgan fingerprint density at radius 3 is 2.14 bits per heavy atom. The van der Waals surface area contributed by atoms with Gasteiger partial charge in [-0.3, -0.25) is 9.48 Å². The van der Waals surface area contributed by atoms with Crippen molar-refractivity contribution in [1.82, 2.24) is 14.7 Å². The van der Waals surface area contributed by atoms with Gasteiger partial charge in [-0.1, -0.05) is 60.7 Å². The average molecular weight is 404 g/mol. The van der Waals surface area contributed by atoms with E-state index in [1.54, 1.807) is 11.8 Å². The number of hydrogen-bond donors (Lipinski definition) is 0. The second-order valence-corrected chi connectivity index (χ2v) is 8.40. The molecule has 1 aromatic heterocycles. The van der Waals surface area contributed by atoms with E-state index in [4.69, 9.17) is 0 Å². The lowest BCUT2D eigenvalue weighted by molar-refractivity contribution is -0.129. The van der Waals surface area contributed by atoms with E-state index in [0.29, 0.717) is 0 Å². The molecular formula is C24H25N3OS. The largest absolute Gasteiger partial charge is 0.305 e. The van der Waals surface area contributed by atoms with Crippen molar-refractivity contribution >= 4 is 23.7 Å². The molecule has 1 saturated heterocycles. The Balaban J connectivity index is 1.73. The fourth-order valence-electron chi connectivity index (χ4n) is 3.81. The van der Waals surface area contributed by atoms with E-state index >= 15 is 0 Å². The van der Waals surface area contributed by atoms with E-state index in [0.717, 1.165) is 45.4 Å². The molecule has 0 atom stereocenters. The number of aryl methyl sites for hydroxylation is 2. The number of nitrogens with zero attached hydrogens (tertiary/aromatic N) is 3. The molecule has 2 heterocycles. The van der Waals surface area contributed by atoms with Crippen LogP contribution in [0.5, 0.6) is 0 Å². The van der Waals surface area contributed by atoms with E-state index in [1.165, 1.54) is 0 Å². The molecule has 1 fully saturated rings. The van der Waals surface area contributed by atoms with Gasteiger partial charge in [0.25, 0.3) is 0 Å². The summed E-state index contributed by atoms with van der Waals surface area (Å²) in [5, 5.41) is 5.52. The normalized spacial score (nSPS) is 15.4. The van der Waals surface area contributed by atoms with E-state index in [1.807, 2.05) is 84.2 Å². The highest BCUT2D eigenvalue weighted by Gasteiger charge is 2.32. The summed E-state index contributed by atoms with van der Waals surface area (Å²) in [6.07, 6.45) is 2.13. The first-order valence-electron chi connectivity index (χ1n) is 9.82. The molecule has 0 aliphatic carbocycles. The molecule has 2 aromatic carbocycles. The second kappa shape index (κ2) is 8.29. The quantitative estimate of drug-likeness (QED) is 0.631. The molecule has 3 aromatic rings. The van der Waals surface area contributed by atoms with Gasteiger partial charge in [0.05, 0.1) is 16.6 Å². The number of amides is 1. The van der Waals surface area contributed by atoms with Crippen LogP contribution in [-0.4, -0.2) is 32.9 Å². The molecule has 0 saturated carbocycles. The molecule has 148 valence electrons. The summed E-state index contributed by atoms with van der Waals surface area (Å²) in [5.41, 5.74) is 5.24. The van der Waals surface area contributed by atoms with Crippen LogP contribution in [0.3, 0.4) is 0 Å². The molecule has 0 unspecified atom stereocenters. The Morgan fingerprint density at radius 2 is 1.62 bits per heavy atom. The number of carbonyl (C=O) groups excluding carboxylic acids is 1. The average Bonchev–Trinajstić information content (AvgIpc) is 3.30. The standard InChI is InChI=1S/C24H25N3OS/c1-17-21(18(2)26(3)25-17)16-22-27(14-15-29-22)24(28)23(19-10-6-4-7-11-19)20-12-8-5-9-13-20/h4-13,16,23H,14-15H2,1-3H3/b22-16+. The van der Waals surface area contributed by atoms with Gasteiger partial charge in [-0.05, 0) is 31.1 Å². The van der Waals surface area contributed by atoms with Crippen molar-refractivity contribution in [2.45, 2.75) is 19.8 Å².